The third kappa shape index (κ3) is 2.26. The Hall–Kier alpha value is -0.0800. The van der Waals surface area contributed by atoms with Gasteiger partial charge in [-0.15, -0.1) is 0 Å². The van der Waals surface area contributed by atoms with Crippen LogP contribution in [0.2, 0.25) is 0 Å². The maximum Gasteiger partial charge on any atom is 0.0125 e. The van der Waals surface area contributed by atoms with Crippen LogP contribution in [-0.4, -0.2) is 36.1 Å². The van der Waals surface area contributed by atoms with Gasteiger partial charge in [0.25, 0.3) is 0 Å². The second kappa shape index (κ2) is 4.89. The first-order valence-electron chi connectivity index (χ1n) is 7.76. The fourth-order valence-electron chi connectivity index (χ4n) is 4.66. The molecule has 98 valence electrons. The van der Waals surface area contributed by atoms with Crippen LogP contribution in [0.4, 0.5) is 0 Å². The van der Waals surface area contributed by atoms with Crippen LogP contribution in [0.5, 0.6) is 0 Å². The van der Waals surface area contributed by atoms with Gasteiger partial charge in [0.1, 0.15) is 0 Å². The summed E-state index contributed by atoms with van der Waals surface area (Å²) < 4.78 is 0. The summed E-state index contributed by atoms with van der Waals surface area (Å²) in [6.07, 6.45) is 11.4. The van der Waals surface area contributed by atoms with Crippen molar-refractivity contribution in [2.75, 3.05) is 7.05 Å². The van der Waals surface area contributed by atoms with Gasteiger partial charge in [0, 0.05) is 24.2 Å². The summed E-state index contributed by atoms with van der Waals surface area (Å²) >= 11 is 0. The molecule has 0 aromatic carbocycles. The van der Waals surface area contributed by atoms with Crippen LogP contribution in [0, 0.1) is 5.92 Å². The summed E-state index contributed by atoms with van der Waals surface area (Å²) in [5.41, 5.74) is 0. The van der Waals surface area contributed by atoms with E-state index in [0.29, 0.717) is 0 Å². The zero-order chi connectivity index (χ0) is 11.8. The molecule has 17 heavy (non-hydrogen) atoms. The highest BCUT2D eigenvalue weighted by molar-refractivity contribution is 4.97. The lowest BCUT2D eigenvalue weighted by Gasteiger charge is -2.40. The second-order valence-electron chi connectivity index (χ2n) is 6.60. The molecule has 1 saturated carbocycles. The molecule has 2 saturated heterocycles. The molecule has 3 rings (SSSR count). The van der Waals surface area contributed by atoms with Crippen molar-refractivity contribution in [2.24, 2.45) is 5.92 Å². The van der Waals surface area contributed by atoms with Gasteiger partial charge in [0.15, 0.2) is 0 Å². The minimum absolute atomic E-state index is 0.836. The minimum atomic E-state index is 0.836. The highest BCUT2D eigenvalue weighted by Crippen LogP contribution is 2.36. The van der Waals surface area contributed by atoms with Crippen molar-refractivity contribution < 1.29 is 0 Å². The molecule has 2 nitrogen and oxygen atoms in total. The van der Waals surface area contributed by atoms with E-state index in [1.54, 1.807) is 0 Å². The van der Waals surface area contributed by atoms with Crippen molar-refractivity contribution in [2.45, 2.75) is 82.5 Å². The number of nitrogens with zero attached hydrogens (tertiary/aromatic N) is 1. The topological polar surface area (TPSA) is 15.3 Å². The lowest BCUT2D eigenvalue weighted by molar-refractivity contribution is 0.101. The summed E-state index contributed by atoms with van der Waals surface area (Å²) in [6.45, 7) is 2.38. The standard InChI is InChI=1S/C15H28N2/c1-3-11-5-4-6-15(11)17(2)14-9-12-7-8-13(10-14)16-12/h11-16H,3-10H2,1-2H3. The van der Waals surface area contributed by atoms with E-state index in [-0.39, 0.29) is 0 Å². The molecule has 0 amide bonds. The molecule has 2 aliphatic heterocycles. The minimum Gasteiger partial charge on any atom is -0.311 e. The molecule has 0 aromatic heterocycles. The number of rotatable bonds is 3. The van der Waals surface area contributed by atoms with Gasteiger partial charge < -0.3 is 10.2 Å². The van der Waals surface area contributed by atoms with Crippen LogP contribution >= 0.6 is 0 Å². The third-order valence-corrected chi connectivity index (χ3v) is 5.69. The maximum atomic E-state index is 3.76. The maximum absolute atomic E-state index is 3.76. The smallest absolute Gasteiger partial charge is 0.0125 e. The van der Waals surface area contributed by atoms with Gasteiger partial charge in [-0.25, -0.2) is 0 Å². The van der Waals surface area contributed by atoms with Crippen molar-refractivity contribution in [3.63, 3.8) is 0 Å². The Balaban J connectivity index is 1.63. The molecule has 0 radical (unpaired) electrons. The fourth-order valence-corrected chi connectivity index (χ4v) is 4.66. The largest absolute Gasteiger partial charge is 0.311 e. The van der Waals surface area contributed by atoms with Gasteiger partial charge >= 0.3 is 0 Å². The number of hydrogen-bond acceptors (Lipinski definition) is 2. The lowest BCUT2D eigenvalue weighted by Crippen LogP contribution is -2.50. The Morgan fingerprint density at radius 2 is 1.76 bits per heavy atom. The van der Waals surface area contributed by atoms with Crippen molar-refractivity contribution in [3.8, 4) is 0 Å². The molecule has 1 N–H and O–H groups in total. The normalized spacial score (nSPS) is 45.7. The quantitative estimate of drug-likeness (QED) is 0.810. The van der Waals surface area contributed by atoms with Crippen LogP contribution in [0.15, 0.2) is 0 Å². The highest BCUT2D eigenvalue weighted by Gasteiger charge is 2.39. The summed E-state index contributed by atoms with van der Waals surface area (Å²) in [6, 6.07) is 3.43. The van der Waals surface area contributed by atoms with E-state index in [0.717, 1.165) is 30.1 Å². The Labute approximate surface area is 106 Å². The first kappa shape index (κ1) is 12.0. The monoisotopic (exact) mass is 236 g/mol. The molecular weight excluding hydrogens is 208 g/mol. The van der Waals surface area contributed by atoms with E-state index < -0.39 is 0 Å². The number of hydrogen-bond donors (Lipinski definition) is 1. The molecule has 4 atom stereocenters. The molecule has 2 bridgehead atoms. The Morgan fingerprint density at radius 1 is 1.06 bits per heavy atom. The lowest BCUT2D eigenvalue weighted by atomic mass is 9.93. The van der Waals surface area contributed by atoms with Gasteiger partial charge in [0.05, 0.1) is 0 Å². The van der Waals surface area contributed by atoms with Crippen molar-refractivity contribution in [3.05, 3.63) is 0 Å². The van der Waals surface area contributed by atoms with Crippen molar-refractivity contribution >= 4 is 0 Å². The van der Waals surface area contributed by atoms with Crippen LogP contribution in [0.25, 0.3) is 0 Å². The fraction of sp³-hybridized carbons (Fsp3) is 1.00. The Kier molecular flexibility index (Phi) is 3.45. The Bertz CT molecular complexity index is 254. The average Bonchev–Trinajstić information content (AvgIpc) is 2.94. The molecule has 4 unspecified atom stereocenters. The van der Waals surface area contributed by atoms with E-state index in [1.165, 1.54) is 51.4 Å². The van der Waals surface area contributed by atoms with E-state index in [2.05, 4.69) is 24.2 Å². The summed E-state index contributed by atoms with van der Waals surface area (Å²) in [4.78, 5) is 2.77. The third-order valence-electron chi connectivity index (χ3n) is 5.69. The summed E-state index contributed by atoms with van der Waals surface area (Å²) in [5, 5.41) is 3.76. The summed E-state index contributed by atoms with van der Waals surface area (Å²) in [5.74, 6) is 0.979. The molecule has 0 aromatic rings. The zero-order valence-corrected chi connectivity index (χ0v) is 11.5. The molecule has 1 aliphatic carbocycles. The first-order valence-corrected chi connectivity index (χ1v) is 7.76. The average molecular weight is 236 g/mol. The number of nitrogens with one attached hydrogen (secondary N) is 1. The molecule has 0 spiro atoms. The molecule has 3 fully saturated rings. The van der Waals surface area contributed by atoms with Crippen LogP contribution in [0.1, 0.15) is 58.3 Å². The zero-order valence-electron chi connectivity index (χ0n) is 11.5. The van der Waals surface area contributed by atoms with Gasteiger partial charge in [-0.1, -0.05) is 19.8 Å². The van der Waals surface area contributed by atoms with Gasteiger partial charge in [0.2, 0.25) is 0 Å². The Morgan fingerprint density at radius 3 is 2.41 bits per heavy atom. The van der Waals surface area contributed by atoms with E-state index in [1.807, 2.05) is 0 Å². The van der Waals surface area contributed by atoms with E-state index >= 15 is 0 Å². The van der Waals surface area contributed by atoms with Crippen molar-refractivity contribution in [1.82, 2.24) is 10.2 Å². The predicted molar refractivity (Wildman–Crippen MR) is 72.2 cm³/mol. The predicted octanol–water partition coefficient (Wildman–Crippen LogP) is 2.78. The van der Waals surface area contributed by atoms with Crippen LogP contribution in [0.3, 0.4) is 0 Å². The van der Waals surface area contributed by atoms with Gasteiger partial charge in [-0.2, -0.15) is 0 Å². The second-order valence-corrected chi connectivity index (χ2v) is 6.60. The molecular formula is C15H28N2. The van der Waals surface area contributed by atoms with E-state index in [4.69, 9.17) is 0 Å². The van der Waals surface area contributed by atoms with Crippen LogP contribution < -0.4 is 5.32 Å². The summed E-state index contributed by atoms with van der Waals surface area (Å²) in [7, 11) is 2.41. The number of piperidine rings is 1. The molecule has 2 heterocycles. The highest BCUT2D eigenvalue weighted by atomic mass is 15.2. The first-order chi connectivity index (χ1) is 8.28. The van der Waals surface area contributed by atoms with E-state index in [9.17, 15) is 0 Å². The van der Waals surface area contributed by atoms with Crippen molar-refractivity contribution in [1.29, 1.82) is 0 Å². The number of fused-ring (bicyclic) bond motifs is 2. The van der Waals surface area contributed by atoms with Crippen LogP contribution in [-0.2, 0) is 0 Å². The SMILES string of the molecule is CCC1CCCC1N(C)C1CC2CCC(C1)N2. The van der Waals surface area contributed by atoms with Gasteiger partial charge in [-0.3, -0.25) is 0 Å². The molecule has 3 aliphatic rings. The van der Waals surface area contributed by atoms with Gasteiger partial charge in [-0.05, 0) is 51.5 Å². The molecule has 2 heteroatoms.